The number of fused-ring (bicyclic) bond motifs is 1. The second-order valence-electron chi connectivity index (χ2n) is 7.14. The van der Waals surface area contributed by atoms with E-state index in [1.165, 1.54) is 0 Å². The molecule has 1 amide bonds. The Kier molecular flexibility index (Phi) is 5.76. The molecule has 2 heterocycles. The summed E-state index contributed by atoms with van der Waals surface area (Å²) in [7, 11) is 0. The zero-order valence-electron chi connectivity index (χ0n) is 15.3. The Labute approximate surface area is 149 Å². The van der Waals surface area contributed by atoms with Crippen LogP contribution in [0.2, 0.25) is 0 Å². The number of aryl methyl sites for hydroxylation is 1. The molecule has 5 heteroatoms. The molecule has 25 heavy (non-hydrogen) atoms. The third kappa shape index (κ3) is 4.22. The Balaban J connectivity index is 1.66. The highest BCUT2D eigenvalue weighted by Gasteiger charge is 2.24. The fraction of sp³-hybridized carbons (Fsp3) is 0.550. The van der Waals surface area contributed by atoms with Crippen molar-refractivity contribution in [3.05, 3.63) is 35.6 Å². The maximum absolute atomic E-state index is 12.3. The number of carbonyl (C=O) groups excluding carboxylic acids is 1. The van der Waals surface area contributed by atoms with Crippen LogP contribution >= 0.6 is 0 Å². The van der Waals surface area contributed by atoms with Gasteiger partial charge in [0.1, 0.15) is 11.3 Å². The molecule has 2 N–H and O–H groups in total. The Bertz CT molecular complexity index is 717. The second kappa shape index (κ2) is 8.02. The molecule has 1 aromatic carbocycles. The average Bonchev–Trinajstić information content (AvgIpc) is 2.93. The van der Waals surface area contributed by atoms with Crippen LogP contribution in [0, 0.1) is 12.8 Å². The Hall–Kier alpha value is -1.85. The van der Waals surface area contributed by atoms with E-state index in [0.717, 1.165) is 48.3 Å². The molecule has 1 fully saturated rings. The number of benzene rings is 1. The van der Waals surface area contributed by atoms with Gasteiger partial charge in [-0.2, -0.15) is 0 Å². The number of carbonyl (C=O) groups is 1. The summed E-state index contributed by atoms with van der Waals surface area (Å²) >= 11 is 0. The summed E-state index contributed by atoms with van der Waals surface area (Å²) in [5.41, 5.74) is 2.04. The van der Waals surface area contributed by atoms with Crippen molar-refractivity contribution < 1.29 is 13.9 Å². The molecule has 3 rings (SSSR count). The first-order chi connectivity index (χ1) is 12.1. The Morgan fingerprint density at radius 3 is 2.64 bits per heavy atom. The number of furan rings is 1. The lowest BCUT2D eigenvalue weighted by molar-refractivity contribution is -0.121. The van der Waals surface area contributed by atoms with Gasteiger partial charge in [0.15, 0.2) is 0 Å². The molecule has 1 aliphatic heterocycles. The number of para-hydroxylation sites is 1. The fourth-order valence-corrected chi connectivity index (χ4v) is 3.44. The molecule has 0 bridgehead atoms. The maximum Gasteiger partial charge on any atom is 0.234 e. The van der Waals surface area contributed by atoms with Crippen LogP contribution in [0.4, 0.5) is 0 Å². The van der Waals surface area contributed by atoms with Crippen molar-refractivity contribution in [1.29, 1.82) is 0 Å². The summed E-state index contributed by atoms with van der Waals surface area (Å²) < 4.78 is 11.4. The molecule has 1 saturated heterocycles. The van der Waals surface area contributed by atoms with Gasteiger partial charge in [-0.1, -0.05) is 32.0 Å². The molecule has 1 atom stereocenters. The van der Waals surface area contributed by atoms with Gasteiger partial charge in [0, 0.05) is 24.6 Å². The molecule has 0 spiro atoms. The smallest absolute Gasteiger partial charge is 0.234 e. The van der Waals surface area contributed by atoms with Gasteiger partial charge in [-0.25, -0.2) is 0 Å². The number of hydrogen-bond acceptors (Lipinski definition) is 4. The minimum Gasteiger partial charge on any atom is -0.459 e. The van der Waals surface area contributed by atoms with Gasteiger partial charge in [-0.3, -0.25) is 10.1 Å². The molecular formula is C20H28N2O3. The van der Waals surface area contributed by atoms with Crippen molar-refractivity contribution in [3.8, 4) is 0 Å². The molecule has 136 valence electrons. The van der Waals surface area contributed by atoms with Gasteiger partial charge in [-0.15, -0.1) is 0 Å². The molecule has 5 nitrogen and oxygen atoms in total. The van der Waals surface area contributed by atoms with Crippen LogP contribution in [0.15, 0.2) is 28.7 Å². The van der Waals surface area contributed by atoms with Gasteiger partial charge in [0.2, 0.25) is 5.91 Å². The standard InChI is InChI=1S/C20H28N2O3/c1-13(2)19(20-14(3)16-6-4-5-7-17(16)25-20)21-12-18(23)22-15-8-10-24-11-9-15/h4-7,13,15,19,21H,8-12H2,1-3H3,(H,22,23)/t19-/m0/s1. The fourth-order valence-electron chi connectivity index (χ4n) is 3.44. The van der Waals surface area contributed by atoms with E-state index in [-0.39, 0.29) is 24.5 Å². The van der Waals surface area contributed by atoms with E-state index in [0.29, 0.717) is 5.92 Å². The topological polar surface area (TPSA) is 63.5 Å². The summed E-state index contributed by atoms with van der Waals surface area (Å²) in [4.78, 5) is 12.3. The van der Waals surface area contributed by atoms with E-state index in [9.17, 15) is 4.79 Å². The molecule has 0 unspecified atom stereocenters. The van der Waals surface area contributed by atoms with Crippen molar-refractivity contribution in [3.63, 3.8) is 0 Å². The minimum atomic E-state index is 0.00726. The van der Waals surface area contributed by atoms with Gasteiger partial charge in [0.05, 0.1) is 12.6 Å². The van der Waals surface area contributed by atoms with Crippen LogP contribution in [0.3, 0.4) is 0 Å². The lowest BCUT2D eigenvalue weighted by atomic mass is 9.98. The normalized spacial score (nSPS) is 17.1. The highest BCUT2D eigenvalue weighted by atomic mass is 16.5. The van der Waals surface area contributed by atoms with Crippen molar-refractivity contribution in [1.82, 2.24) is 10.6 Å². The van der Waals surface area contributed by atoms with E-state index in [2.05, 4.69) is 37.5 Å². The molecule has 0 saturated carbocycles. The third-order valence-electron chi connectivity index (χ3n) is 4.90. The predicted molar refractivity (Wildman–Crippen MR) is 98.5 cm³/mol. The minimum absolute atomic E-state index is 0.00726. The zero-order chi connectivity index (χ0) is 17.8. The number of amides is 1. The largest absolute Gasteiger partial charge is 0.459 e. The lowest BCUT2D eigenvalue weighted by Gasteiger charge is -2.25. The molecular weight excluding hydrogens is 316 g/mol. The van der Waals surface area contributed by atoms with Gasteiger partial charge >= 0.3 is 0 Å². The first-order valence-electron chi connectivity index (χ1n) is 9.14. The van der Waals surface area contributed by atoms with Crippen LogP contribution in [0.5, 0.6) is 0 Å². The summed E-state index contributed by atoms with van der Waals surface area (Å²) in [5, 5.41) is 7.62. The molecule has 1 aromatic heterocycles. The monoisotopic (exact) mass is 344 g/mol. The summed E-state index contributed by atoms with van der Waals surface area (Å²) in [6.07, 6.45) is 1.78. The maximum atomic E-state index is 12.3. The quantitative estimate of drug-likeness (QED) is 0.844. The first kappa shape index (κ1) is 18.0. The summed E-state index contributed by atoms with van der Waals surface area (Å²) in [6, 6.07) is 8.30. The van der Waals surface area contributed by atoms with E-state index in [1.54, 1.807) is 0 Å². The molecule has 0 radical (unpaired) electrons. The Morgan fingerprint density at radius 1 is 1.24 bits per heavy atom. The number of ether oxygens (including phenoxy) is 1. The van der Waals surface area contributed by atoms with Crippen molar-refractivity contribution >= 4 is 16.9 Å². The number of hydrogen-bond donors (Lipinski definition) is 2. The SMILES string of the molecule is Cc1c([C@@H](NCC(=O)NC2CCOCC2)C(C)C)oc2ccccc12. The van der Waals surface area contributed by atoms with Gasteiger partial charge < -0.3 is 14.5 Å². The van der Waals surface area contributed by atoms with Crippen molar-refractivity contribution in [2.24, 2.45) is 5.92 Å². The summed E-state index contributed by atoms with van der Waals surface area (Å²) in [5.74, 6) is 1.27. The second-order valence-corrected chi connectivity index (χ2v) is 7.14. The van der Waals surface area contributed by atoms with Crippen molar-refractivity contribution in [2.45, 2.75) is 45.7 Å². The van der Waals surface area contributed by atoms with Crippen LogP contribution < -0.4 is 10.6 Å². The molecule has 2 aromatic rings. The van der Waals surface area contributed by atoms with Crippen LogP contribution in [0.25, 0.3) is 11.0 Å². The number of rotatable bonds is 6. The highest BCUT2D eigenvalue weighted by molar-refractivity contribution is 5.82. The van der Waals surface area contributed by atoms with E-state index in [4.69, 9.17) is 9.15 Å². The Morgan fingerprint density at radius 2 is 1.96 bits per heavy atom. The van der Waals surface area contributed by atoms with Crippen LogP contribution in [-0.4, -0.2) is 31.7 Å². The van der Waals surface area contributed by atoms with Gasteiger partial charge in [0.25, 0.3) is 0 Å². The molecule has 0 aliphatic carbocycles. The summed E-state index contributed by atoms with van der Waals surface area (Å²) in [6.45, 7) is 8.11. The van der Waals surface area contributed by atoms with E-state index >= 15 is 0 Å². The number of nitrogens with one attached hydrogen (secondary N) is 2. The van der Waals surface area contributed by atoms with Crippen LogP contribution in [0.1, 0.15) is 44.1 Å². The highest BCUT2D eigenvalue weighted by Crippen LogP contribution is 2.32. The predicted octanol–water partition coefficient (Wildman–Crippen LogP) is 3.32. The van der Waals surface area contributed by atoms with Crippen LogP contribution in [-0.2, 0) is 9.53 Å². The average molecular weight is 344 g/mol. The lowest BCUT2D eigenvalue weighted by Crippen LogP contribution is -2.44. The zero-order valence-corrected chi connectivity index (χ0v) is 15.3. The van der Waals surface area contributed by atoms with Crippen molar-refractivity contribution in [2.75, 3.05) is 19.8 Å². The molecule has 1 aliphatic rings. The van der Waals surface area contributed by atoms with Gasteiger partial charge in [-0.05, 0) is 37.3 Å². The third-order valence-corrected chi connectivity index (χ3v) is 4.90. The van der Waals surface area contributed by atoms with E-state index < -0.39 is 0 Å². The first-order valence-corrected chi connectivity index (χ1v) is 9.14. The van der Waals surface area contributed by atoms with E-state index in [1.807, 2.05) is 18.2 Å².